The molecule has 3 aromatic rings. The van der Waals surface area contributed by atoms with Crippen LogP contribution in [0, 0.1) is 0 Å². The van der Waals surface area contributed by atoms with E-state index < -0.39 is 5.91 Å². The summed E-state index contributed by atoms with van der Waals surface area (Å²) in [6.07, 6.45) is 1.81. The van der Waals surface area contributed by atoms with Crippen LogP contribution in [-0.2, 0) is 6.61 Å². The zero-order valence-corrected chi connectivity index (χ0v) is 20.1. The van der Waals surface area contributed by atoms with E-state index in [1.807, 2.05) is 48.7 Å². The van der Waals surface area contributed by atoms with Crippen molar-refractivity contribution in [1.82, 2.24) is 14.9 Å². The third-order valence-electron chi connectivity index (χ3n) is 5.15. The molecule has 0 spiro atoms. The summed E-state index contributed by atoms with van der Waals surface area (Å²) in [5.74, 6) is 0.744. The first-order valence-corrected chi connectivity index (χ1v) is 11.8. The summed E-state index contributed by atoms with van der Waals surface area (Å²) in [5.41, 5.74) is 6.92. The van der Waals surface area contributed by atoms with Crippen LogP contribution >= 0.6 is 27.7 Å². The summed E-state index contributed by atoms with van der Waals surface area (Å²) < 4.78 is 6.80. The highest BCUT2D eigenvalue weighted by Crippen LogP contribution is 2.36. The van der Waals surface area contributed by atoms with E-state index in [1.165, 1.54) is 11.8 Å². The number of likely N-dealkylation sites (N-methyl/N-ethyl adjacent to an activating group) is 1. The molecule has 1 aliphatic heterocycles. The molecule has 2 N–H and O–H groups in total. The molecule has 0 saturated carbocycles. The summed E-state index contributed by atoms with van der Waals surface area (Å²) in [4.78, 5) is 27.1. The maximum Gasteiger partial charge on any atom is 0.249 e. The smallest absolute Gasteiger partial charge is 0.249 e. The van der Waals surface area contributed by atoms with E-state index in [0.717, 1.165) is 41.5 Å². The second kappa shape index (κ2) is 10.3. The number of primary amides is 1. The van der Waals surface area contributed by atoms with Crippen LogP contribution < -0.4 is 15.4 Å². The van der Waals surface area contributed by atoms with Crippen molar-refractivity contribution in [2.75, 3.05) is 38.1 Å². The Bertz CT molecular complexity index is 1090. The molecule has 32 heavy (non-hydrogen) atoms. The van der Waals surface area contributed by atoms with Crippen molar-refractivity contribution in [3.63, 3.8) is 0 Å². The average Bonchev–Trinajstić information content (AvgIpc) is 2.79. The summed E-state index contributed by atoms with van der Waals surface area (Å²) in [6.45, 7) is 4.11. The zero-order chi connectivity index (χ0) is 22.5. The molecule has 166 valence electrons. The Balaban J connectivity index is 1.59. The van der Waals surface area contributed by atoms with Crippen LogP contribution in [0.15, 0.2) is 69.0 Å². The summed E-state index contributed by atoms with van der Waals surface area (Å²) in [5, 5.41) is 0. The van der Waals surface area contributed by atoms with Gasteiger partial charge in [-0.3, -0.25) is 4.79 Å². The second-order valence-corrected chi connectivity index (χ2v) is 9.48. The van der Waals surface area contributed by atoms with Gasteiger partial charge in [0.25, 0.3) is 0 Å². The van der Waals surface area contributed by atoms with E-state index in [2.05, 4.69) is 37.8 Å². The van der Waals surface area contributed by atoms with Crippen molar-refractivity contribution in [2.45, 2.75) is 16.4 Å². The molecule has 1 fully saturated rings. The fourth-order valence-corrected chi connectivity index (χ4v) is 4.88. The maximum absolute atomic E-state index is 11.5. The molecule has 4 rings (SSSR count). The molecule has 9 heteroatoms. The minimum atomic E-state index is -0.472. The second-order valence-electron chi connectivity index (χ2n) is 7.51. The van der Waals surface area contributed by atoms with Gasteiger partial charge in [-0.25, -0.2) is 4.98 Å². The topological polar surface area (TPSA) is 84.6 Å². The van der Waals surface area contributed by atoms with Gasteiger partial charge in [-0.2, -0.15) is 4.98 Å². The van der Waals surface area contributed by atoms with Gasteiger partial charge in [0, 0.05) is 35.5 Å². The molecule has 7 nitrogen and oxygen atoms in total. The number of anilines is 1. The molecular weight excluding hydrogens is 490 g/mol. The predicted octanol–water partition coefficient (Wildman–Crippen LogP) is 3.82. The third-order valence-corrected chi connectivity index (χ3v) is 6.79. The Labute approximate surface area is 200 Å². The average molecular weight is 514 g/mol. The van der Waals surface area contributed by atoms with Crippen molar-refractivity contribution in [3.05, 3.63) is 70.3 Å². The number of hydrogen-bond acceptors (Lipinski definition) is 7. The highest BCUT2D eigenvalue weighted by molar-refractivity contribution is 9.10. The monoisotopic (exact) mass is 513 g/mol. The van der Waals surface area contributed by atoms with Crippen molar-refractivity contribution in [3.8, 4) is 5.88 Å². The molecule has 2 aromatic carbocycles. The van der Waals surface area contributed by atoms with Crippen LogP contribution in [0.1, 0.15) is 15.9 Å². The van der Waals surface area contributed by atoms with E-state index in [0.29, 0.717) is 28.5 Å². The van der Waals surface area contributed by atoms with Crippen LogP contribution in [0.4, 0.5) is 5.95 Å². The number of rotatable bonds is 7. The molecule has 1 aliphatic rings. The zero-order valence-electron chi connectivity index (χ0n) is 17.7. The Morgan fingerprint density at radius 3 is 2.59 bits per heavy atom. The summed E-state index contributed by atoms with van der Waals surface area (Å²) >= 11 is 4.90. The molecule has 1 amide bonds. The third kappa shape index (κ3) is 5.59. The Hall–Kier alpha value is -2.62. The lowest BCUT2D eigenvalue weighted by molar-refractivity contribution is 0.0999. The van der Waals surface area contributed by atoms with Gasteiger partial charge >= 0.3 is 0 Å². The van der Waals surface area contributed by atoms with Gasteiger partial charge < -0.3 is 20.3 Å². The molecule has 1 saturated heterocycles. The van der Waals surface area contributed by atoms with Crippen molar-refractivity contribution < 1.29 is 9.53 Å². The number of carbonyl (C=O) groups excluding carboxylic acids is 1. The largest absolute Gasteiger partial charge is 0.472 e. The first-order chi connectivity index (χ1) is 15.5. The molecule has 2 heterocycles. The fourth-order valence-electron chi connectivity index (χ4n) is 3.29. The van der Waals surface area contributed by atoms with Crippen LogP contribution in [0.5, 0.6) is 5.88 Å². The van der Waals surface area contributed by atoms with Crippen molar-refractivity contribution in [2.24, 2.45) is 5.73 Å². The van der Waals surface area contributed by atoms with E-state index in [9.17, 15) is 4.79 Å². The Morgan fingerprint density at radius 1 is 1.16 bits per heavy atom. The maximum atomic E-state index is 11.5. The number of aromatic nitrogens is 2. The minimum Gasteiger partial charge on any atom is -0.472 e. The van der Waals surface area contributed by atoms with Crippen LogP contribution in [0.25, 0.3) is 0 Å². The minimum absolute atomic E-state index is 0.415. The molecular formula is C23H24BrN5O2S. The lowest BCUT2D eigenvalue weighted by Gasteiger charge is -2.32. The number of benzene rings is 2. The van der Waals surface area contributed by atoms with Gasteiger partial charge in [0.05, 0.1) is 16.7 Å². The Morgan fingerprint density at radius 2 is 1.91 bits per heavy atom. The van der Waals surface area contributed by atoms with E-state index in [1.54, 1.807) is 6.07 Å². The van der Waals surface area contributed by atoms with Gasteiger partial charge in [-0.05, 0) is 46.7 Å². The number of carbonyl (C=O) groups is 1. The predicted molar refractivity (Wildman–Crippen MR) is 129 cm³/mol. The fraction of sp³-hybridized carbons (Fsp3) is 0.261. The van der Waals surface area contributed by atoms with E-state index in [4.69, 9.17) is 15.5 Å². The highest BCUT2D eigenvalue weighted by Gasteiger charge is 2.19. The van der Waals surface area contributed by atoms with Gasteiger partial charge in [0.1, 0.15) is 6.61 Å². The number of halogens is 1. The van der Waals surface area contributed by atoms with Gasteiger partial charge in [0.15, 0.2) is 0 Å². The number of piperazine rings is 1. The van der Waals surface area contributed by atoms with Crippen LogP contribution in [-0.4, -0.2) is 54.0 Å². The summed E-state index contributed by atoms with van der Waals surface area (Å²) in [6, 6.07) is 15.4. The lowest BCUT2D eigenvalue weighted by atomic mass is 10.2. The number of nitrogens with two attached hydrogens (primary N) is 1. The molecule has 0 unspecified atom stereocenters. The molecule has 0 aliphatic carbocycles. The standard InChI is InChI=1S/C23H24BrN5O2S/c1-28-9-11-29(12-10-28)23-26-14-20(22(27-23)31-15-16-5-3-2-4-6-16)32-17-7-8-18(21(25)30)19(24)13-17/h2-8,13-14H,9-12,15H2,1H3,(H2,25,30). The number of hydrogen-bond donors (Lipinski definition) is 1. The van der Waals surface area contributed by atoms with Crippen LogP contribution in [0.2, 0.25) is 0 Å². The molecule has 1 aromatic heterocycles. The summed E-state index contributed by atoms with van der Waals surface area (Å²) in [7, 11) is 2.12. The first kappa shape index (κ1) is 22.6. The van der Waals surface area contributed by atoms with E-state index in [-0.39, 0.29) is 0 Å². The first-order valence-electron chi connectivity index (χ1n) is 10.2. The number of nitrogens with zero attached hydrogens (tertiary/aromatic N) is 4. The number of ether oxygens (including phenoxy) is 1. The molecule has 0 bridgehead atoms. The normalized spacial score (nSPS) is 14.4. The van der Waals surface area contributed by atoms with E-state index >= 15 is 0 Å². The lowest BCUT2D eigenvalue weighted by Crippen LogP contribution is -2.45. The van der Waals surface area contributed by atoms with Gasteiger partial charge in [-0.1, -0.05) is 42.1 Å². The Kier molecular flexibility index (Phi) is 7.29. The highest BCUT2D eigenvalue weighted by atomic mass is 79.9. The number of amides is 1. The van der Waals surface area contributed by atoms with Gasteiger partial charge in [-0.15, -0.1) is 0 Å². The van der Waals surface area contributed by atoms with Gasteiger partial charge in [0.2, 0.25) is 17.7 Å². The van der Waals surface area contributed by atoms with Crippen molar-refractivity contribution >= 4 is 39.5 Å². The van der Waals surface area contributed by atoms with Crippen molar-refractivity contribution in [1.29, 1.82) is 0 Å². The SMILES string of the molecule is CN1CCN(c2ncc(Sc3ccc(C(N)=O)c(Br)c3)c(OCc3ccccc3)n2)CC1. The van der Waals surface area contributed by atoms with Crippen LogP contribution in [0.3, 0.4) is 0 Å². The molecule has 0 atom stereocenters. The quantitative estimate of drug-likeness (QED) is 0.513. The molecule has 0 radical (unpaired) electrons.